The van der Waals surface area contributed by atoms with Crippen LogP contribution in [-0.4, -0.2) is 29.3 Å². The van der Waals surface area contributed by atoms with Crippen LogP contribution in [0, 0.1) is 11.3 Å². The van der Waals surface area contributed by atoms with E-state index in [-0.39, 0.29) is 11.5 Å². The molecule has 0 radical (unpaired) electrons. The molecule has 3 unspecified atom stereocenters. The number of carbonyl (C=O) groups is 2. The molecule has 124 valence electrons. The molecule has 2 N–H and O–H groups in total. The van der Waals surface area contributed by atoms with Crippen molar-refractivity contribution < 1.29 is 19.4 Å². The number of carbonyl (C=O) groups excluding carboxylic acids is 1. The van der Waals surface area contributed by atoms with Gasteiger partial charge < -0.3 is 15.2 Å². The van der Waals surface area contributed by atoms with Crippen LogP contribution in [0.3, 0.4) is 0 Å². The highest BCUT2D eigenvalue weighted by Crippen LogP contribution is 2.41. The molecule has 22 heavy (non-hydrogen) atoms. The van der Waals surface area contributed by atoms with Crippen molar-refractivity contribution in [3.63, 3.8) is 0 Å². The summed E-state index contributed by atoms with van der Waals surface area (Å²) in [5.41, 5.74) is -0.363. The number of allylic oxidation sites excluding steroid dienone is 1. The molecule has 2 rings (SSSR count). The lowest BCUT2D eigenvalue weighted by Crippen LogP contribution is -2.50. The highest BCUT2D eigenvalue weighted by molar-refractivity contribution is 5.81. The third kappa shape index (κ3) is 4.24. The van der Waals surface area contributed by atoms with Crippen LogP contribution >= 0.6 is 0 Å². The zero-order chi connectivity index (χ0) is 16.2. The minimum absolute atomic E-state index is 0.0457. The Balaban J connectivity index is 1.78. The molecule has 0 bridgehead atoms. The maximum absolute atomic E-state index is 12.0. The van der Waals surface area contributed by atoms with Gasteiger partial charge in [0.2, 0.25) is 0 Å². The summed E-state index contributed by atoms with van der Waals surface area (Å²) in [6.07, 6.45) is 8.92. The number of nitrogens with one attached hydrogen (secondary N) is 1. The maximum atomic E-state index is 12.0. The average molecular weight is 309 g/mol. The third-order valence-electron chi connectivity index (χ3n) is 5.05. The van der Waals surface area contributed by atoms with Crippen LogP contribution in [0.1, 0.15) is 58.3 Å². The Hall–Kier alpha value is -1.52. The first kappa shape index (κ1) is 16.8. The molecule has 0 spiro atoms. The molecular weight excluding hydrogens is 282 g/mol. The van der Waals surface area contributed by atoms with Crippen LogP contribution in [0.4, 0.5) is 4.79 Å². The SMILES string of the molecule is C=CCCCC1CC1OC(=O)NC(C(=O)O)C1(C)CCCC1. The number of aliphatic carboxylic acids is 1. The molecule has 3 atom stereocenters. The minimum Gasteiger partial charge on any atom is -0.480 e. The number of carboxylic acids is 1. The van der Waals surface area contributed by atoms with Gasteiger partial charge in [-0.15, -0.1) is 6.58 Å². The number of rotatable bonds is 8. The number of alkyl carbamates (subject to hydrolysis) is 1. The number of hydrogen-bond donors (Lipinski definition) is 2. The van der Waals surface area contributed by atoms with Gasteiger partial charge in [0.1, 0.15) is 12.1 Å². The zero-order valence-electron chi connectivity index (χ0n) is 13.3. The van der Waals surface area contributed by atoms with Crippen LogP contribution in [0.15, 0.2) is 12.7 Å². The van der Waals surface area contributed by atoms with Gasteiger partial charge in [0.05, 0.1) is 0 Å². The molecular formula is C17H27NO4. The second kappa shape index (κ2) is 7.16. The first-order chi connectivity index (χ1) is 10.5. The predicted molar refractivity (Wildman–Crippen MR) is 83.6 cm³/mol. The fourth-order valence-corrected chi connectivity index (χ4v) is 3.49. The Labute approximate surface area is 132 Å². The Morgan fingerprint density at radius 1 is 1.45 bits per heavy atom. The van der Waals surface area contributed by atoms with E-state index >= 15 is 0 Å². The first-order valence-corrected chi connectivity index (χ1v) is 8.27. The number of carboxylic acid groups (broad SMARTS) is 1. The molecule has 2 saturated carbocycles. The third-order valence-corrected chi connectivity index (χ3v) is 5.05. The maximum Gasteiger partial charge on any atom is 0.408 e. The van der Waals surface area contributed by atoms with Crippen molar-refractivity contribution >= 4 is 12.1 Å². The number of amides is 1. The van der Waals surface area contributed by atoms with Crippen LogP contribution in [0.2, 0.25) is 0 Å². The van der Waals surface area contributed by atoms with Gasteiger partial charge in [-0.25, -0.2) is 9.59 Å². The molecule has 0 saturated heterocycles. The van der Waals surface area contributed by atoms with Crippen molar-refractivity contribution in [2.75, 3.05) is 0 Å². The van der Waals surface area contributed by atoms with Crippen molar-refractivity contribution in [1.82, 2.24) is 5.32 Å². The van der Waals surface area contributed by atoms with Crippen LogP contribution in [-0.2, 0) is 9.53 Å². The topological polar surface area (TPSA) is 75.6 Å². The summed E-state index contributed by atoms with van der Waals surface area (Å²) >= 11 is 0. The number of ether oxygens (including phenoxy) is 1. The molecule has 0 aromatic heterocycles. The Morgan fingerprint density at radius 2 is 2.14 bits per heavy atom. The van der Waals surface area contributed by atoms with Gasteiger partial charge in [0, 0.05) is 0 Å². The normalized spacial score (nSPS) is 27.0. The standard InChI is InChI=1S/C17H27NO4/c1-3-4-5-8-12-11-13(12)22-16(21)18-14(15(19)20)17(2)9-6-7-10-17/h3,12-14H,1,4-11H2,2H3,(H,18,21)(H,19,20). The molecule has 2 fully saturated rings. The van der Waals surface area contributed by atoms with Crippen LogP contribution < -0.4 is 5.32 Å². The molecule has 0 heterocycles. The highest BCUT2D eigenvalue weighted by atomic mass is 16.6. The molecule has 0 aromatic carbocycles. The van der Waals surface area contributed by atoms with Crippen molar-refractivity contribution in [2.24, 2.45) is 11.3 Å². The summed E-state index contributed by atoms with van der Waals surface area (Å²) in [5.74, 6) is -0.546. The Bertz CT molecular complexity index is 428. The lowest BCUT2D eigenvalue weighted by molar-refractivity contribution is -0.142. The van der Waals surface area contributed by atoms with Crippen LogP contribution in [0.25, 0.3) is 0 Å². The quantitative estimate of drug-likeness (QED) is 0.531. The van der Waals surface area contributed by atoms with Crippen LogP contribution in [0.5, 0.6) is 0 Å². The Kier molecular flexibility index (Phi) is 5.48. The second-order valence-corrected chi connectivity index (χ2v) is 6.94. The van der Waals surface area contributed by atoms with E-state index in [1.807, 2.05) is 13.0 Å². The van der Waals surface area contributed by atoms with E-state index in [1.54, 1.807) is 0 Å². The number of unbranched alkanes of at least 4 members (excludes halogenated alkanes) is 1. The van der Waals surface area contributed by atoms with Gasteiger partial charge in [-0.3, -0.25) is 0 Å². The lowest BCUT2D eigenvalue weighted by Gasteiger charge is -2.31. The van der Waals surface area contributed by atoms with E-state index in [0.717, 1.165) is 51.4 Å². The second-order valence-electron chi connectivity index (χ2n) is 6.94. The molecule has 0 aliphatic heterocycles. The predicted octanol–water partition coefficient (Wildman–Crippen LogP) is 3.49. The van der Waals surface area contributed by atoms with Gasteiger partial charge in [-0.1, -0.05) is 25.8 Å². The fraction of sp³-hybridized carbons (Fsp3) is 0.765. The average Bonchev–Trinajstić information content (AvgIpc) is 3.03. The van der Waals surface area contributed by atoms with E-state index in [4.69, 9.17) is 4.74 Å². The molecule has 0 aromatic rings. The fourth-order valence-electron chi connectivity index (χ4n) is 3.49. The van der Waals surface area contributed by atoms with E-state index < -0.39 is 18.1 Å². The van der Waals surface area contributed by atoms with Crippen molar-refractivity contribution in [1.29, 1.82) is 0 Å². The summed E-state index contributed by atoms with van der Waals surface area (Å²) in [4.78, 5) is 23.5. The molecule has 2 aliphatic carbocycles. The lowest BCUT2D eigenvalue weighted by atomic mass is 9.80. The Morgan fingerprint density at radius 3 is 2.73 bits per heavy atom. The van der Waals surface area contributed by atoms with E-state index in [0.29, 0.717) is 5.92 Å². The van der Waals surface area contributed by atoms with E-state index in [2.05, 4.69) is 11.9 Å². The van der Waals surface area contributed by atoms with E-state index in [1.165, 1.54) is 0 Å². The summed E-state index contributed by atoms with van der Waals surface area (Å²) in [6.45, 7) is 5.63. The largest absolute Gasteiger partial charge is 0.480 e. The monoisotopic (exact) mass is 309 g/mol. The van der Waals surface area contributed by atoms with E-state index in [9.17, 15) is 14.7 Å². The molecule has 5 heteroatoms. The van der Waals surface area contributed by atoms with Gasteiger partial charge in [-0.05, 0) is 49.9 Å². The first-order valence-electron chi connectivity index (χ1n) is 8.27. The van der Waals surface area contributed by atoms with Crippen molar-refractivity contribution in [2.45, 2.75) is 70.4 Å². The summed E-state index contributed by atoms with van der Waals surface area (Å²) in [5, 5.41) is 12.0. The molecule has 1 amide bonds. The van der Waals surface area contributed by atoms with Crippen molar-refractivity contribution in [3.05, 3.63) is 12.7 Å². The molecule has 5 nitrogen and oxygen atoms in total. The summed E-state index contributed by atoms with van der Waals surface area (Å²) < 4.78 is 5.35. The minimum atomic E-state index is -0.973. The summed E-state index contributed by atoms with van der Waals surface area (Å²) in [6, 6.07) is -0.861. The molecule has 2 aliphatic rings. The van der Waals surface area contributed by atoms with Gasteiger partial charge in [0.25, 0.3) is 0 Å². The number of hydrogen-bond acceptors (Lipinski definition) is 3. The van der Waals surface area contributed by atoms with Crippen molar-refractivity contribution in [3.8, 4) is 0 Å². The highest BCUT2D eigenvalue weighted by Gasteiger charge is 2.44. The summed E-state index contributed by atoms with van der Waals surface area (Å²) in [7, 11) is 0. The van der Waals surface area contributed by atoms with Gasteiger partial charge in [0.15, 0.2) is 0 Å². The van der Waals surface area contributed by atoms with Gasteiger partial charge in [-0.2, -0.15) is 0 Å². The smallest absolute Gasteiger partial charge is 0.408 e. The zero-order valence-corrected chi connectivity index (χ0v) is 13.3. The van der Waals surface area contributed by atoms with Gasteiger partial charge >= 0.3 is 12.1 Å².